The number of benzene rings is 1. The molecule has 1 atom stereocenters. The summed E-state index contributed by atoms with van der Waals surface area (Å²) in [7, 11) is 0. The summed E-state index contributed by atoms with van der Waals surface area (Å²) in [5.74, 6) is 0. The van der Waals surface area contributed by atoms with E-state index in [-0.39, 0.29) is 6.10 Å². The molecule has 0 aliphatic carbocycles. The lowest BCUT2D eigenvalue weighted by Gasteiger charge is -2.18. The van der Waals surface area contributed by atoms with Gasteiger partial charge < -0.3 is 15.0 Å². The molecule has 1 saturated heterocycles. The van der Waals surface area contributed by atoms with Gasteiger partial charge in [-0.15, -0.1) is 0 Å². The zero-order valence-corrected chi connectivity index (χ0v) is 11.5. The minimum atomic E-state index is -0.218. The number of aliphatic hydroxyl groups is 1. The van der Waals surface area contributed by atoms with Crippen LogP contribution >= 0.6 is 0 Å². The number of hydrogen-bond acceptors (Lipinski definition) is 4. The first-order chi connectivity index (χ1) is 10.3. The molecule has 1 aromatic carbocycles. The number of hydrogen-bond donors (Lipinski definition) is 2. The Morgan fingerprint density at radius 1 is 1.24 bits per heavy atom. The largest absolute Gasteiger partial charge is 0.391 e. The van der Waals surface area contributed by atoms with Crippen LogP contribution in [0.1, 0.15) is 6.42 Å². The Kier molecular flexibility index (Phi) is 2.86. The molecule has 0 spiro atoms. The van der Waals surface area contributed by atoms with E-state index < -0.39 is 0 Å². The van der Waals surface area contributed by atoms with Gasteiger partial charge in [0.15, 0.2) is 0 Å². The number of fused-ring (bicyclic) bond motifs is 1. The van der Waals surface area contributed by atoms with E-state index in [9.17, 15) is 5.11 Å². The molecular formula is C16H16N4O. The highest BCUT2D eigenvalue weighted by molar-refractivity contribution is 5.91. The number of nitrogens with one attached hydrogen (secondary N) is 1. The molecule has 2 N–H and O–H groups in total. The maximum atomic E-state index is 9.69. The maximum Gasteiger partial charge on any atom is 0.141 e. The van der Waals surface area contributed by atoms with E-state index in [4.69, 9.17) is 0 Å². The average Bonchev–Trinajstić information content (AvgIpc) is 3.15. The van der Waals surface area contributed by atoms with Crippen molar-refractivity contribution in [1.29, 1.82) is 0 Å². The first kappa shape index (κ1) is 12.3. The summed E-state index contributed by atoms with van der Waals surface area (Å²) in [6, 6.07) is 10.3. The Morgan fingerprint density at radius 3 is 3.05 bits per heavy atom. The molecule has 21 heavy (non-hydrogen) atoms. The van der Waals surface area contributed by atoms with Crippen molar-refractivity contribution in [2.24, 2.45) is 0 Å². The first-order valence-corrected chi connectivity index (χ1v) is 7.13. The molecule has 0 saturated carbocycles. The molecule has 106 valence electrons. The lowest BCUT2D eigenvalue weighted by Crippen LogP contribution is -2.20. The van der Waals surface area contributed by atoms with Crippen LogP contribution in [0.5, 0.6) is 0 Å². The van der Waals surface area contributed by atoms with Gasteiger partial charge in [0.05, 0.1) is 11.8 Å². The fourth-order valence-corrected chi connectivity index (χ4v) is 2.93. The van der Waals surface area contributed by atoms with Crippen molar-refractivity contribution in [2.45, 2.75) is 12.5 Å². The van der Waals surface area contributed by atoms with Gasteiger partial charge in [-0.1, -0.05) is 12.1 Å². The van der Waals surface area contributed by atoms with E-state index in [1.807, 2.05) is 18.3 Å². The van der Waals surface area contributed by atoms with Crippen molar-refractivity contribution < 1.29 is 5.11 Å². The lowest BCUT2D eigenvalue weighted by molar-refractivity contribution is 0.198. The zero-order valence-electron chi connectivity index (χ0n) is 11.5. The van der Waals surface area contributed by atoms with E-state index in [2.05, 4.69) is 38.1 Å². The second-order valence-electron chi connectivity index (χ2n) is 5.40. The van der Waals surface area contributed by atoms with Gasteiger partial charge in [-0.2, -0.15) is 0 Å². The van der Waals surface area contributed by atoms with E-state index in [0.717, 1.165) is 40.9 Å². The van der Waals surface area contributed by atoms with Crippen LogP contribution in [0.25, 0.3) is 22.3 Å². The molecule has 0 amide bonds. The second kappa shape index (κ2) is 4.86. The van der Waals surface area contributed by atoms with E-state index in [1.165, 1.54) is 0 Å². The summed E-state index contributed by atoms with van der Waals surface area (Å²) in [4.78, 5) is 14.0. The van der Waals surface area contributed by atoms with Crippen LogP contribution in [0.2, 0.25) is 0 Å². The van der Waals surface area contributed by atoms with Crippen LogP contribution in [0.4, 0.5) is 5.69 Å². The summed E-state index contributed by atoms with van der Waals surface area (Å²) in [5, 5.41) is 10.7. The molecule has 2 aromatic heterocycles. The van der Waals surface area contributed by atoms with Gasteiger partial charge in [0.2, 0.25) is 0 Å². The molecule has 5 nitrogen and oxygen atoms in total. The summed E-state index contributed by atoms with van der Waals surface area (Å²) < 4.78 is 0. The standard InChI is InChI=1S/C16H16N4O/c21-13-5-7-20(9-13)12-3-1-2-11(8-12)15-14-4-6-17-16(14)19-10-18-15/h1-4,6,8,10,13,21H,5,7,9H2,(H,17,18,19). The Hall–Kier alpha value is -2.40. The molecule has 0 radical (unpaired) electrons. The van der Waals surface area contributed by atoms with Crippen LogP contribution in [0.15, 0.2) is 42.9 Å². The molecule has 1 fully saturated rings. The second-order valence-corrected chi connectivity index (χ2v) is 5.40. The third-order valence-corrected chi connectivity index (χ3v) is 4.00. The van der Waals surface area contributed by atoms with Crippen molar-refractivity contribution in [3.8, 4) is 11.3 Å². The molecule has 3 heterocycles. The highest BCUT2D eigenvalue weighted by atomic mass is 16.3. The van der Waals surface area contributed by atoms with Crippen molar-refractivity contribution in [2.75, 3.05) is 18.0 Å². The quantitative estimate of drug-likeness (QED) is 0.755. The Morgan fingerprint density at radius 2 is 2.19 bits per heavy atom. The first-order valence-electron chi connectivity index (χ1n) is 7.13. The summed E-state index contributed by atoms with van der Waals surface area (Å²) in [6.45, 7) is 1.60. The van der Waals surface area contributed by atoms with Crippen LogP contribution in [0, 0.1) is 0 Å². The molecule has 1 aliphatic heterocycles. The number of aliphatic hydroxyl groups excluding tert-OH is 1. The maximum absolute atomic E-state index is 9.69. The van der Waals surface area contributed by atoms with Gasteiger partial charge in [-0.3, -0.25) is 0 Å². The molecule has 3 aromatic rings. The number of β-amino-alcohol motifs (C(OH)–C–C–N with tert-alkyl or cyclic N) is 1. The topological polar surface area (TPSA) is 65.0 Å². The third-order valence-electron chi connectivity index (χ3n) is 4.00. The van der Waals surface area contributed by atoms with E-state index in [1.54, 1.807) is 6.33 Å². The molecular weight excluding hydrogens is 264 g/mol. The third kappa shape index (κ3) is 2.15. The fraction of sp³-hybridized carbons (Fsp3) is 0.250. The van der Waals surface area contributed by atoms with E-state index in [0.29, 0.717) is 6.54 Å². The van der Waals surface area contributed by atoms with Gasteiger partial charge >= 0.3 is 0 Å². The van der Waals surface area contributed by atoms with Crippen molar-refractivity contribution >= 4 is 16.7 Å². The zero-order chi connectivity index (χ0) is 14.2. The molecule has 0 bridgehead atoms. The lowest BCUT2D eigenvalue weighted by atomic mass is 10.1. The van der Waals surface area contributed by atoms with Gasteiger partial charge in [0.1, 0.15) is 12.0 Å². The molecule has 4 rings (SSSR count). The summed E-state index contributed by atoms with van der Waals surface area (Å²) in [6.07, 6.45) is 4.08. The van der Waals surface area contributed by atoms with Crippen LogP contribution in [0.3, 0.4) is 0 Å². The normalized spacial score (nSPS) is 18.5. The monoisotopic (exact) mass is 280 g/mol. The van der Waals surface area contributed by atoms with Gasteiger partial charge in [0.25, 0.3) is 0 Å². The smallest absolute Gasteiger partial charge is 0.141 e. The minimum absolute atomic E-state index is 0.218. The number of aromatic amines is 1. The van der Waals surface area contributed by atoms with Gasteiger partial charge in [-0.25, -0.2) is 9.97 Å². The Labute approximate surface area is 122 Å². The van der Waals surface area contributed by atoms with Crippen molar-refractivity contribution in [1.82, 2.24) is 15.0 Å². The molecule has 5 heteroatoms. The minimum Gasteiger partial charge on any atom is -0.391 e. The number of H-pyrrole nitrogens is 1. The van der Waals surface area contributed by atoms with Crippen LogP contribution in [-0.4, -0.2) is 39.3 Å². The van der Waals surface area contributed by atoms with Crippen molar-refractivity contribution in [3.05, 3.63) is 42.9 Å². The van der Waals surface area contributed by atoms with Crippen LogP contribution in [-0.2, 0) is 0 Å². The number of anilines is 1. The number of nitrogens with zero attached hydrogens (tertiary/aromatic N) is 3. The highest BCUT2D eigenvalue weighted by Crippen LogP contribution is 2.29. The van der Waals surface area contributed by atoms with Gasteiger partial charge in [0, 0.05) is 35.9 Å². The van der Waals surface area contributed by atoms with Gasteiger partial charge in [-0.05, 0) is 24.6 Å². The number of aromatic nitrogens is 3. The SMILES string of the molecule is OC1CCN(c2cccc(-c3ncnc4[nH]ccc34)c2)C1. The number of rotatable bonds is 2. The fourth-order valence-electron chi connectivity index (χ4n) is 2.93. The Balaban J connectivity index is 1.77. The summed E-state index contributed by atoms with van der Waals surface area (Å²) >= 11 is 0. The molecule has 1 aliphatic rings. The molecule has 1 unspecified atom stereocenters. The predicted octanol–water partition coefficient (Wildman–Crippen LogP) is 2.20. The van der Waals surface area contributed by atoms with Crippen molar-refractivity contribution in [3.63, 3.8) is 0 Å². The van der Waals surface area contributed by atoms with Crippen LogP contribution < -0.4 is 4.90 Å². The highest BCUT2D eigenvalue weighted by Gasteiger charge is 2.20. The Bertz CT molecular complexity index is 783. The predicted molar refractivity (Wildman–Crippen MR) is 82.2 cm³/mol. The average molecular weight is 280 g/mol. The summed E-state index contributed by atoms with van der Waals surface area (Å²) in [5.41, 5.74) is 3.98. The van der Waals surface area contributed by atoms with E-state index >= 15 is 0 Å².